The minimum Gasteiger partial charge on any atom is -0.449 e. The fraction of sp³-hybridized carbons (Fsp3) is 0.444. The number of nitrogens with zero attached hydrogens (tertiary/aromatic N) is 3. The van der Waals surface area contributed by atoms with Crippen LogP contribution in [0.15, 0.2) is 35.1 Å². The van der Waals surface area contributed by atoms with Crippen LogP contribution in [0.3, 0.4) is 0 Å². The monoisotopic (exact) mass is 346 g/mol. The van der Waals surface area contributed by atoms with Crippen LogP contribution >= 0.6 is 0 Å². The zero-order chi connectivity index (χ0) is 18.4. The van der Waals surface area contributed by atoms with E-state index in [0.717, 1.165) is 25.1 Å². The van der Waals surface area contributed by atoms with Crippen LogP contribution in [0.2, 0.25) is 0 Å². The van der Waals surface area contributed by atoms with Gasteiger partial charge in [-0.25, -0.2) is 9.48 Å². The molecule has 0 radical (unpaired) electrons. The molecule has 0 aliphatic carbocycles. The van der Waals surface area contributed by atoms with E-state index in [0.29, 0.717) is 12.3 Å². The Labute approximate surface area is 147 Å². The second-order valence-electron chi connectivity index (χ2n) is 6.21. The number of rotatable bonds is 7. The molecule has 1 aromatic carbocycles. The molecule has 1 N–H and O–H groups in total. The summed E-state index contributed by atoms with van der Waals surface area (Å²) in [5.74, 6) is 0. The normalized spacial score (nSPS) is 10.9. The minimum absolute atomic E-state index is 0.240. The van der Waals surface area contributed by atoms with Crippen molar-refractivity contribution in [1.82, 2.24) is 14.3 Å². The first-order valence-electron chi connectivity index (χ1n) is 8.34. The standard InChI is InChI=1S/C18H26N4O3/c1-14-16(19-18(24)25-13-9-8-12-20(2)3)17(23)22(21(14)4)15-10-6-5-7-11-15/h5-7,10-11H,8-9,12-13H2,1-4H3,(H,19,24). The van der Waals surface area contributed by atoms with Gasteiger partial charge in [-0.2, -0.15) is 0 Å². The predicted molar refractivity (Wildman–Crippen MR) is 98.5 cm³/mol. The van der Waals surface area contributed by atoms with Crippen LogP contribution < -0.4 is 10.9 Å². The molecule has 1 heterocycles. The summed E-state index contributed by atoms with van der Waals surface area (Å²) in [6, 6.07) is 9.29. The number of carbonyl (C=O) groups excluding carboxylic acids is 1. The number of unbranched alkanes of at least 4 members (excludes halogenated alkanes) is 1. The van der Waals surface area contributed by atoms with E-state index in [-0.39, 0.29) is 11.2 Å². The number of para-hydroxylation sites is 1. The lowest BCUT2D eigenvalue weighted by Gasteiger charge is -2.09. The summed E-state index contributed by atoms with van der Waals surface area (Å²) in [6.45, 7) is 3.07. The van der Waals surface area contributed by atoms with E-state index in [4.69, 9.17) is 4.74 Å². The first-order valence-corrected chi connectivity index (χ1v) is 8.34. The molecule has 0 atom stereocenters. The molecule has 0 aliphatic heterocycles. The van der Waals surface area contributed by atoms with E-state index >= 15 is 0 Å². The number of benzene rings is 1. The Bertz CT molecular complexity index is 763. The number of carbonyl (C=O) groups is 1. The van der Waals surface area contributed by atoms with E-state index < -0.39 is 6.09 Å². The van der Waals surface area contributed by atoms with Gasteiger partial charge in [0, 0.05) is 7.05 Å². The van der Waals surface area contributed by atoms with E-state index in [2.05, 4.69) is 10.2 Å². The maximum absolute atomic E-state index is 12.7. The molecule has 1 amide bonds. The van der Waals surface area contributed by atoms with Gasteiger partial charge >= 0.3 is 6.09 Å². The molecule has 0 saturated heterocycles. The lowest BCUT2D eigenvalue weighted by atomic mass is 10.3. The third-order valence-electron chi connectivity index (χ3n) is 4.01. The van der Waals surface area contributed by atoms with Crippen molar-refractivity contribution < 1.29 is 9.53 Å². The maximum atomic E-state index is 12.7. The van der Waals surface area contributed by atoms with Gasteiger partial charge in [0.2, 0.25) is 0 Å². The van der Waals surface area contributed by atoms with Crippen molar-refractivity contribution >= 4 is 11.8 Å². The molecule has 2 aromatic rings. The molecule has 2 rings (SSSR count). The van der Waals surface area contributed by atoms with Crippen LogP contribution in [0.1, 0.15) is 18.5 Å². The molecule has 0 fully saturated rings. The molecule has 7 heteroatoms. The van der Waals surface area contributed by atoms with E-state index in [1.54, 1.807) is 18.7 Å². The molecule has 136 valence electrons. The van der Waals surface area contributed by atoms with Crippen LogP contribution in [0.4, 0.5) is 10.5 Å². The molecule has 0 saturated carbocycles. The summed E-state index contributed by atoms with van der Waals surface area (Å²) in [6.07, 6.45) is 1.13. The van der Waals surface area contributed by atoms with Gasteiger partial charge in [0.25, 0.3) is 5.56 Å². The molecule has 0 spiro atoms. The van der Waals surface area contributed by atoms with Crippen LogP contribution in [0, 0.1) is 6.92 Å². The zero-order valence-electron chi connectivity index (χ0n) is 15.3. The Morgan fingerprint density at radius 3 is 2.52 bits per heavy atom. The van der Waals surface area contributed by atoms with Gasteiger partial charge in [0.1, 0.15) is 5.69 Å². The quantitative estimate of drug-likeness (QED) is 0.782. The van der Waals surface area contributed by atoms with Gasteiger partial charge in [0.05, 0.1) is 18.0 Å². The maximum Gasteiger partial charge on any atom is 0.411 e. The summed E-state index contributed by atoms with van der Waals surface area (Å²) in [5.41, 5.74) is 1.36. The van der Waals surface area contributed by atoms with E-state index in [1.807, 2.05) is 44.4 Å². The fourth-order valence-electron chi connectivity index (χ4n) is 2.55. The average Bonchev–Trinajstić information content (AvgIpc) is 2.78. The van der Waals surface area contributed by atoms with Gasteiger partial charge in [-0.15, -0.1) is 0 Å². The first-order chi connectivity index (χ1) is 11.9. The Kier molecular flexibility index (Phi) is 6.41. The van der Waals surface area contributed by atoms with Gasteiger partial charge in [-0.1, -0.05) is 18.2 Å². The van der Waals surface area contributed by atoms with Crippen molar-refractivity contribution in [2.24, 2.45) is 7.05 Å². The Morgan fingerprint density at radius 1 is 1.20 bits per heavy atom. The molecular weight excluding hydrogens is 320 g/mol. The van der Waals surface area contributed by atoms with Crippen LogP contribution in [-0.4, -0.2) is 47.6 Å². The van der Waals surface area contributed by atoms with Crippen molar-refractivity contribution in [3.63, 3.8) is 0 Å². The van der Waals surface area contributed by atoms with Crippen LogP contribution in [0.5, 0.6) is 0 Å². The van der Waals surface area contributed by atoms with Crippen molar-refractivity contribution in [2.45, 2.75) is 19.8 Å². The number of aromatic nitrogens is 2. The summed E-state index contributed by atoms with van der Waals surface area (Å²) >= 11 is 0. The van der Waals surface area contributed by atoms with Crippen molar-refractivity contribution in [1.29, 1.82) is 0 Å². The molecule has 1 aromatic heterocycles. The van der Waals surface area contributed by atoms with E-state index in [1.165, 1.54) is 4.68 Å². The third kappa shape index (κ3) is 4.73. The summed E-state index contributed by atoms with van der Waals surface area (Å²) in [7, 11) is 5.79. The highest BCUT2D eigenvalue weighted by atomic mass is 16.5. The van der Waals surface area contributed by atoms with E-state index in [9.17, 15) is 9.59 Å². The lowest BCUT2D eigenvalue weighted by Crippen LogP contribution is -2.23. The largest absolute Gasteiger partial charge is 0.449 e. The van der Waals surface area contributed by atoms with Crippen molar-refractivity contribution in [2.75, 3.05) is 32.6 Å². The Morgan fingerprint density at radius 2 is 1.88 bits per heavy atom. The predicted octanol–water partition coefficient (Wildman–Crippen LogP) is 2.37. The average molecular weight is 346 g/mol. The summed E-state index contributed by atoms with van der Waals surface area (Å²) in [5, 5.41) is 2.58. The van der Waals surface area contributed by atoms with Crippen LogP contribution in [0.25, 0.3) is 5.69 Å². The summed E-state index contributed by atoms with van der Waals surface area (Å²) < 4.78 is 8.40. The molecule has 0 aliphatic rings. The number of amides is 1. The molecule has 0 unspecified atom stereocenters. The number of anilines is 1. The Hall–Kier alpha value is -2.54. The van der Waals surface area contributed by atoms with Crippen molar-refractivity contribution in [3.05, 3.63) is 46.4 Å². The number of ether oxygens (including phenoxy) is 1. The lowest BCUT2D eigenvalue weighted by molar-refractivity contribution is 0.158. The van der Waals surface area contributed by atoms with Gasteiger partial charge in [-0.3, -0.25) is 14.8 Å². The highest BCUT2D eigenvalue weighted by molar-refractivity contribution is 5.85. The topological polar surface area (TPSA) is 68.5 Å². The van der Waals surface area contributed by atoms with Gasteiger partial charge in [0.15, 0.2) is 0 Å². The SMILES string of the molecule is Cc1c(NC(=O)OCCCCN(C)C)c(=O)n(-c2ccccc2)n1C. The summed E-state index contributed by atoms with van der Waals surface area (Å²) in [4.78, 5) is 26.7. The van der Waals surface area contributed by atoms with Gasteiger partial charge < -0.3 is 9.64 Å². The minimum atomic E-state index is -0.601. The second-order valence-corrected chi connectivity index (χ2v) is 6.21. The highest BCUT2D eigenvalue weighted by Gasteiger charge is 2.18. The molecule has 7 nitrogen and oxygen atoms in total. The number of nitrogens with one attached hydrogen (secondary N) is 1. The third-order valence-corrected chi connectivity index (χ3v) is 4.01. The smallest absolute Gasteiger partial charge is 0.411 e. The highest BCUT2D eigenvalue weighted by Crippen LogP contribution is 2.14. The fourth-order valence-corrected chi connectivity index (χ4v) is 2.55. The molecule has 25 heavy (non-hydrogen) atoms. The zero-order valence-corrected chi connectivity index (χ0v) is 15.3. The van der Waals surface area contributed by atoms with Crippen LogP contribution in [-0.2, 0) is 11.8 Å². The second kappa shape index (κ2) is 8.53. The molecule has 0 bridgehead atoms. The first kappa shape index (κ1) is 18.8. The number of hydrogen-bond acceptors (Lipinski definition) is 4. The number of hydrogen-bond donors (Lipinski definition) is 1. The molecular formula is C18H26N4O3. The van der Waals surface area contributed by atoms with Gasteiger partial charge in [-0.05, 0) is 52.5 Å². The van der Waals surface area contributed by atoms with Crippen molar-refractivity contribution in [3.8, 4) is 5.69 Å². The Balaban J connectivity index is 2.03.